The number of ether oxygens (including phenoxy) is 1. The number of aliphatic hydroxyl groups excluding tert-OH is 1. The number of nitrogens with zero attached hydrogens (tertiary/aromatic N) is 2. The molecular formula is C13H14N2O2S. The highest BCUT2D eigenvalue weighted by Gasteiger charge is 2.05. The average molecular weight is 262 g/mol. The maximum Gasteiger partial charge on any atom is 0.223 e. The van der Waals surface area contributed by atoms with Crippen LogP contribution < -0.4 is 4.74 Å². The lowest BCUT2D eigenvalue weighted by molar-refractivity contribution is 0.297. The van der Waals surface area contributed by atoms with Crippen LogP contribution in [-0.4, -0.2) is 27.9 Å². The van der Waals surface area contributed by atoms with Crippen molar-refractivity contribution in [3.05, 3.63) is 42.2 Å². The van der Waals surface area contributed by atoms with E-state index in [1.807, 2.05) is 30.5 Å². The van der Waals surface area contributed by atoms with Crippen molar-refractivity contribution in [1.29, 1.82) is 0 Å². The molecule has 0 saturated carbocycles. The second kappa shape index (κ2) is 6.37. The molecule has 0 bridgehead atoms. The topological polar surface area (TPSA) is 55.2 Å². The van der Waals surface area contributed by atoms with Gasteiger partial charge in [0.25, 0.3) is 0 Å². The number of thioether (sulfide) groups is 1. The van der Waals surface area contributed by atoms with Gasteiger partial charge < -0.3 is 9.84 Å². The summed E-state index contributed by atoms with van der Waals surface area (Å²) in [5, 5.41) is 9.87. The molecule has 0 aliphatic rings. The average Bonchev–Trinajstić information content (AvgIpc) is 2.41. The fourth-order valence-electron chi connectivity index (χ4n) is 1.53. The van der Waals surface area contributed by atoms with Gasteiger partial charge in [-0.15, -0.1) is 11.8 Å². The van der Waals surface area contributed by atoms with Gasteiger partial charge in [-0.3, -0.25) is 0 Å². The molecule has 1 N–H and O–H groups in total. The molecule has 5 heteroatoms. The SMILES string of the molecule is CSc1cc(Oc2ccccc2CCO)ncn1. The molecule has 0 aliphatic carbocycles. The fourth-order valence-corrected chi connectivity index (χ4v) is 1.90. The lowest BCUT2D eigenvalue weighted by Crippen LogP contribution is -1.96. The van der Waals surface area contributed by atoms with Crippen molar-refractivity contribution in [2.75, 3.05) is 12.9 Å². The zero-order valence-corrected chi connectivity index (χ0v) is 10.9. The molecule has 4 nitrogen and oxygen atoms in total. The minimum Gasteiger partial charge on any atom is -0.439 e. The van der Waals surface area contributed by atoms with E-state index in [1.54, 1.807) is 6.07 Å². The Balaban J connectivity index is 2.22. The first kappa shape index (κ1) is 12.9. The number of hydrogen-bond acceptors (Lipinski definition) is 5. The second-order valence-corrected chi connectivity index (χ2v) is 4.41. The van der Waals surface area contributed by atoms with Gasteiger partial charge in [0, 0.05) is 12.7 Å². The molecule has 94 valence electrons. The summed E-state index contributed by atoms with van der Waals surface area (Å²) < 4.78 is 5.73. The van der Waals surface area contributed by atoms with E-state index in [4.69, 9.17) is 9.84 Å². The summed E-state index contributed by atoms with van der Waals surface area (Å²) in [4.78, 5) is 8.16. The number of benzene rings is 1. The Morgan fingerprint density at radius 1 is 1.28 bits per heavy atom. The Kier molecular flexibility index (Phi) is 4.55. The van der Waals surface area contributed by atoms with Gasteiger partial charge in [0.15, 0.2) is 0 Å². The predicted octanol–water partition coefficient (Wildman–Crippen LogP) is 2.53. The minimum absolute atomic E-state index is 0.0974. The standard InChI is InChI=1S/C13H14N2O2S/c1-18-13-8-12(14-9-15-13)17-11-5-3-2-4-10(11)6-7-16/h2-5,8-9,16H,6-7H2,1H3. The van der Waals surface area contributed by atoms with Crippen LogP contribution in [0.3, 0.4) is 0 Å². The Morgan fingerprint density at radius 3 is 2.89 bits per heavy atom. The van der Waals surface area contributed by atoms with E-state index in [0.717, 1.165) is 16.3 Å². The third kappa shape index (κ3) is 3.21. The number of aromatic nitrogens is 2. The summed E-state index contributed by atoms with van der Waals surface area (Å²) >= 11 is 1.54. The van der Waals surface area contributed by atoms with Crippen LogP contribution in [-0.2, 0) is 6.42 Å². The highest BCUT2D eigenvalue weighted by molar-refractivity contribution is 7.98. The molecule has 1 aromatic heterocycles. The zero-order valence-electron chi connectivity index (χ0n) is 10.0. The van der Waals surface area contributed by atoms with Gasteiger partial charge in [0.2, 0.25) is 5.88 Å². The number of aliphatic hydroxyl groups is 1. The third-order valence-electron chi connectivity index (χ3n) is 2.39. The first-order chi connectivity index (χ1) is 8.83. The van der Waals surface area contributed by atoms with Crippen LogP contribution in [0.5, 0.6) is 11.6 Å². The van der Waals surface area contributed by atoms with Crippen LogP contribution >= 0.6 is 11.8 Å². The molecule has 2 rings (SSSR count). The summed E-state index contributed by atoms with van der Waals surface area (Å²) in [7, 11) is 0. The quantitative estimate of drug-likeness (QED) is 0.663. The van der Waals surface area contributed by atoms with E-state index in [2.05, 4.69) is 9.97 Å². The molecule has 0 saturated heterocycles. The Bertz CT molecular complexity index is 520. The van der Waals surface area contributed by atoms with Crippen molar-refractivity contribution in [2.45, 2.75) is 11.4 Å². The molecule has 0 atom stereocenters. The fraction of sp³-hybridized carbons (Fsp3) is 0.231. The van der Waals surface area contributed by atoms with Crippen molar-refractivity contribution in [3.8, 4) is 11.6 Å². The molecule has 0 radical (unpaired) electrons. The van der Waals surface area contributed by atoms with Crippen molar-refractivity contribution < 1.29 is 9.84 Å². The van der Waals surface area contributed by atoms with Gasteiger partial charge >= 0.3 is 0 Å². The van der Waals surface area contributed by atoms with Gasteiger partial charge in [-0.1, -0.05) is 18.2 Å². The van der Waals surface area contributed by atoms with Crippen LogP contribution in [0.4, 0.5) is 0 Å². The zero-order chi connectivity index (χ0) is 12.8. The van der Waals surface area contributed by atoms with Crippen molar-refractivity contribution >= 4 is 11.8 Å². The van der Waals surface area contributed by atoms with Crippen LogP contribution in [0.25, 0.3) is 0 Å². The summed E-state index contributed by atoms with van der Waals surface area (Å²) in [6.45, 7) is 0.0974. The molecule has 18 heavy (non-hydrogen) atoms. The van der Waals surface area contributed by atoms with E-state index in [9.17, 15) is 0 Å². The maximum atomic E-state index is 9.01. The molecule has 2 aromatic rings. The van der Waals surface area contributed by atoms with Gasteiger partial charge in [-0.05, 0) is 24.3 Å². The lowest BCUT2D eigenvalue weighted by atomic mass is 10.1. The smallest absolute Gasteiger partial charge is 0.223 e. The molecule has 0 aliphatic heterocycles. The van der Waals surface area contributed by atoms with Crippen molar-refractivity contribution in [3.63, 3.8) is 0 Å². The highest BCUT2D eigenvalue weighted by Crippen LogP contribution is 2.25. The normalized spacial score (nSPS) is 10.3. The summed E-state index contributed by atoms with van der Waals surface area (Å²) in [6.07, 6.45) is 4.00. The van der Waals surface area contributed by atoms with E-state index < -0.39 is 0 Å². The lowest BCUT2D eigenvalue weighted by Gasteiger charge is -2.09. The van der Waals surface area contributed by atoms with Gasteiger partial charge in [0.1, 0.15) is 17.1 Å². The molecule has 0 unspecified atom stereocenters. The van der Waals surface area contributed by atoms with Crippen LogP contribution in [0.15, 0.2) is 41.7 Å². The largest absolute Gasteiger partial charge is 0.439 e. The Hall–Kier alpha value is -1.59. The first-order valence-corrected chi connectivity index (χ1v) is 6.78. The molecular weight excluding hydrogens is 248 g/mol. The number of hydrogen-bond donors (Lipinski definition) is 1. The minimum atomic E-state index is 0.0974. The van der Waals surface area contributed by atoms with Crippen molar-refractivity contribution in [2.24, 2.45) is 0 Å². The first-order valence-electron chi connectivity index (χ1n) is 5.56. The Morgan fingerprint density at radius 2 is 2.11 bits per heavy atom. The number of rotatable bonds is 5. The van der Waals surface area contributed by atoms with Crippen molar-refractivity contribution in [1.82, 2.24) is 9.97 Å². The van der Waals surface area contributed by atoms with E-state index in [-0.39, 0.29) is 6.61 Å². The molecule has 1 heterocycles. The van der Waals surface area contributed by atoms with Gasteiger partial charge in [0.05, 0.1) is 0 Å². The molecule has 0 fully saturated rings. The molecule has 1 aromatic carbocycles. The van der Waals surface area contributed by atoms with E-state index in [1.165, 1.54) is 18.1 Å². The summed E-state index contributed by atoms with van der Waals surface area (Å²) in [5.41, 5.74) is 0.962. The molecule has 0 spiro atoms. The maximum absolute atomic E-state index is 9.01. The van der Waals surface area contributed by atoms with E-state index >= 15 is 0 Å². The Labute approximate surface area is 110 Å². The summed E-state index contributed by atoms with van der Waals surface area (Å²) in [5.74, 6) is 1.23. The molecule has 0 amide bonds. The van der Waals surface area contributed by atoms with Gasteiger partial charge in [-0.25, -0.2) is 9.97 Å². The van der Waals surface area contributed by atoms with Crippen LogP contribution in [0.1, 0.15) is 5.56 Å². The predicted molar refractivity (Wildman–Crippen MR) is 71.1 cm³/mol. The summed E-state index contributed by atoms with van der Waals surface area (Å²) in [6, 6.07) is 9.41. The third-order valence-corrected chi connectivity index (χ3v) is 3.04. The van der Waals surface area contributed by atoms with Crippen LogP contribution in [0.2, 0.25) is 0 Å². The van der Waals surface area contributed by atoms with E-state index in [0.29, 0.717) is 12.3 Å². The van der Waals surface area contributed by atoms with Gasteiger partial charge in [-0.2, -0.15) is 0 Å². The second-order valence-electron chi connectivity index (χ2n) is 3.58. The highest BCUT2D eigenvalue weighted by atomic mass is 32.2. The van der Waals surface area contributed by atoms with Crippen LogP contribution in [0, 0.1) is 0 Å². The monoisotopic (exact) mass is 262 g/mol. The number of para-hydroxylation sites is 1.